The molecular weight excluding hydrogens is 401 g/mol. The van der Waals surface area contributed by atoms with E-state index >= 15 is 0 Å². The van der Waals surface area contributed by atoms with E-state index in [4.69, 9.17) is 0 Å². The minimum atomic E-state index is -4.34. The number of carbonyl (C=O) groups is 1. The Hall–Kier alpha value is -3.12. The van der Waals surface area contributed by atoms with Crippen molar-refractivity contribution in [3.8, 4) is 11.1 Å². The first-order chi connectivity index (χ1) is 14.9. The number of hydrogen-bond donors (Lipinski definition) is 0. The summed E-state index contributed by atoms with van der Waals surface area (Å²) in [7, 11) is 0. The van der Waals surface area contributed by atoms with Crippen LogP contribution in [0.4, 0.5) is 13.2 Å². The molecule has 0 bridgehead atoms. The highest BCUT2D eigenvalue weighted by Crippen LogP contribution is 2.30. The Morgan fingerprint density at radius 3 is 2.06 bits per heavy atom. The Morgan fingerprint density at radius 2 is 1.42 bits per heavy atom. The summed E-state index contributed by atoms with van der Waals surface area (Å²) in [5.41, 5.74) is 2.81. The molecule has 4 rings (SSSR count). The maximum absolute atomic E-state index is 12.9. The second-order valence-corrected chi connectivity index (χ2v) is 7.71. The maximum Gasteiger partial charge on any atom is 0.416 e. The van der Waals surface area contributed by atoms with Crippen molar-refractivity contribution in [2.45, 2.75) is 12.7 Å². The SMILES string of the molecule is O=C(c1ccc(-c2ccccc2)cc1)N1CCN(Cc2cccc(C(F)(F)F)c2)CC1. The molecule has 160 valence electrons. The predicted octanol–water partition coefficient (Wildman–Crippen LogP) is 5.33. The average Bonchev–Trinajstić information content (AvgIpc) is 2.79. The van der Waals surface area contributed by atoms with E-state index in [1.165, 1.54) is 12.1 Å². The highest BCUT2D eigenvalue weighted by molar-refractivity contribution is 5.94. The fraction of sp³-hybridized carbons (Fsp3) is 0.240. The van der Waals surface area contributed by atoms with E-state index in [0.29, 0.717) is 43.9 Å². The molecular formula is C25H23F3N2O. The topological polar surface area (TPSA) is 23.6 Å². The first-order valence-electron chi connectivity index (χ1n) is 10.2. The summed E-state index contributed by atoms with van der Waals surface area (Å²) in [5, 5.41) is 0. The molecule has 6 heteroatoms. The second-order valence-electron chi connectivity index (χ2n) is 7.71. The van der Waals surface area contributed by atoms with Crippen molar-refractivity contribution >= 4 is 5.91 Å². The quantitative estimate of drug-likeness (QED) is 0.565. The number of alkyl halides is 3. The molecule has 0 radical (unpaired) electrons. The molecule has 1 aliphatic rings. The Kier molecular flexibility index (Phi) is 6.09. The van der Waals surface area contributed by atoms with Gasteiger partial charge in [-0.05, 0) is 34.9 Å². The summed E-state index contributed by atoms with van der Waals surface area (Å²) in [6, 6.07) is 23.0. The summed E-state index contributed by atoms with van der Waals surface area (Å²) in [4.78, 5) is 16.7. The number of benzene rings is 3. The number of rotatable bonds is 4. The van der Waals surface area contributed by atoms with Gasteiger partial charge in [-0.25, -0.2) is 0 Å². The zero-order valence-corrected chi connectivity index (χ0v) is 17.0. The molecule has 1 heterocycles. The summed E-state index contributed by atoms with van der Waals surface area (Å²) >= 11 is 0. The van der Waals surface area contributed by atoms with Gasteiger partial charge in [0.15, 0.2) is 0 Å². The van der Waals surface area contributed by atoms with Crippen LogP contribution in [0, 0.1) is 0 Å². The lowest BCUT2D eigenvalue weighted by Gasteiger charge is -2.35. The van der Waals surface area contributed by atoms with Gasteiger partial charge in [-0.2, -0.15) is 13.2 Å². The molecule has 3 aromatic rings. The third kappa shape index (κ3) is 5.14. The predicted molar refractivity (Wildman–Crippen MR) is 115 cm³/mol. The molecule has 0 unspecified atom stereocenters. The lowest BCUT2D eigenvalue weighted by Crippen LogP contribution is -2.48. The van der Waals surface area contributed by atoms with Crippen LogP contribution in [0.25, 0.3) is 11.1 Å². The number of amides is 1. The molecule has 31 heavy (non-hydrogen) atoms. The molecule has 0 N–H and O–H groups in total. The summed E-state index contributed by atoms with van der Waals surface area (Å²) in [6.45, 7) is 2.81. The van der Waals surface area contributed by atoms with Crippen LogP contribution in [0.15, 0.2) is 78.9 Å². The van der Waals surface area contributed by atoms with Crippen LogP contribution in [0.5, 0.6) is 0 Å². The van der Waals surface area contributed by atoms with Gasteiger partial charge in [0, 0.05) is 38.3 Å². The Balaban J connectivity index is 1.34. The first-order valence-corrected chi connectivity index (χ1v) is 10.2. The fourth-order valence-corrected chi connectivity index (χ4v) is 3.83. The van der Waals surface area contributed by atoms with Crippen molar-refractivity contribution in [2.75, 3.05) is 26.2 Å². The van der Waals surface area contributed by atoms with Crippen LogP contribution in [0.3, 0.4) is 0 Å². The van der Waals surface area contributed by atoms with Gasteiger partial charge in [0.1, 0.15) is 0 Å². The van der Waals surface area contributed by atoms with Crippen LogP contribution in [0.1, 0.15) is 21.5 Å². The van der Waals surface area contributed by atoms with Crippen molar-refractivity contribution in [2.24, 2.45) is 0 Å². The maximum atomic E-state index is 12.9. The second kappa shape index (κ2) is 8.94. The van der Waals surface area contributed by atoms with Crippen LogP contribution < -0.4 is 0 Å². The summed E-state index contributed by atoms with van der Waals surface area (Å²) < 4.78 is 38.7. The number of carbonyl (C=O) groups excluding carboxylic acids is 1. The number of piperazine rings is 1. The monoisotopic (exact) mass is 424 g/mol. The zero-order chi connectivity index (χ0) is 21.8. The van der Waals surface area contributed by atoms with E-state index in [9.17, 15) is 18.0 Å². The van der Waals surface area contributed by atoms with Gasteiger partial charge in [0.05, 0.1) is 5.56 Å². The van der Waals surface area contributed by atoms with Gasteiger partial charge in [-0.3, -0.25) is 9.69 Å². The lowest BCUT2D eigenvalue weighted by atomic mass is 10.0. The van der Waals surface area contributed by atoms with Gasteiger partial charge in [0.25, 0.3) is 5.91 Å². The van der Waals surface area contributed by atoms with Crippen molar-refractivity contribution < 1.29 is 18.0 Å². The van der Waals surface area contributed by atoms with Gasteiger partial charge in [0.2, 0.25) is 0 Å². The van der Waals surface area contributed by atoms with Crippen molar-refractivity contribution in [3.05, 3.63) is 95.6 Å². The molecule has 1 saturated heterocycles. The van der Waals surface area contributed by atoms with E-state index in [0.717, 1.165) is 17.2 Å². The number of hydrogen-bond acceptors (Lipinski definition) is 2. The summed E-state index contributed by atoms with van der Waals surface area (Å²) in [6.07, 6.45) is -4.34. The Labute approximate surface area is 179 Å². The average molecular weight is 424 g/mol. The molecule has 0 atom stereocenters. The number of halogens is 3. The Morgan fingerprint density at radius 1 is 0.774 bits per heavy atom. The largest absolute Gasteiger partial charge is 0.416 e. The van der Waals surface area contributed by atoms with Crippen molar-refractivity contribution in [3.63, 3.8) is 0 Å². The molecule has 1 fully saturated rings. The number of nitrogens with zero attached hydrogens (tertiary/aromatic N) is 2. The minimum Gasteiger partial charge on any atom is -0.336 e. The van der Waals surface area contributed by atoms with E-state index in [1.54, 1.807) is 11.0 Å². The smallest absolute Gasteiger partial charge is 0.336 e. The third-order valence-electron chi connectivity index (χ3n) is 5.56. The van der Waals surface area contributed by atoms with Gasteiger partial charge >= 0.3 is 6.18 Å². The minimum absolute atomic E-state index is 0.0154. The molecule has 3 nitrogen and oxygen atoms in total. The van der Waals surface area contributed by atoms with E-state index < -0.39 is 11.7 Å². The van der Waals surface area contributed by atoms with Crippen LogP contribution in [0.2, 0.25) is 0 Å². The highest BCUT2D eigenvalue weighted by atomic mass is 19.4. The first kappa shape index (κ1) is 21.1. The van der Waals surface area contributed by atoms with Gasteiger partial charge in [-0.15, -0.1) is 0 Å². The molecule has 0 aromatic heterocycles. The molecule has 1 aliphatic heterocycles. The van der Waals surface area contributed by atoms with Crippen molar-refractivity contribution in [1.29, 1.82) is 0 Å². The van der Waals surface area contributed by atoms with Crippen LogP contribution in [-0.4, -0.2) is 41.9 Å². The normalized spacial score (nSPS) is 15.1. The van der Waals surface area contributed by atoms with Crippen LogP contribution in [-0.2, 0) is 12.7 Å². The molecule has 1 amide bonds. The molecule has 3 aromatic carbocycles. The zero-order valence-electron chi connectivity index (χ0n) is 17.0. The van der Waals surface area contributed by atoms with E-state index in [2.05, 4.69) is 4.90 Å². The van der Waals surface area contributed by atoms with Crippen molar-refractivity contribution in [1.82, 2.24) is 9.80 Å². The third-order valence-corrected chi connectivity index (χ3v) is 5.56. The molecule has 0 spiro atoms. The summed E-state index contributed by atoms with van der Waals surface area (Å²) in [5.74, 6) is -0.0154. The van der Waals surface area contributed by atoms with Gasteiger partial charge in [-0.1, -0.05) is 60.7 Å². The van der Waals surface area contributed by atoms with Crippen LogP contribution >= 0.6 is 0 Å². The Bertz CT molecular complexity index is 1020. The molecule has 0 saturated carbocycles. The highest BCUT2D eigenvalue weighted by Gasteiger charge is 2.30. The fourth-order valence-electron chi connectivity index (χ4n) is 3.83. The molecule has 0 aliphatic carbocycles. The van der Waals surface area contributed by atoms with Gasteiger partial charge < -0.3 is 4.90 Å². The lowest BCUT2D eigenvalue weighted by molar-refractivity contribution is -0.137. The standard InChI is InChI=1S/C25H23F3N2O/c26-25(27,28)23-8-4-5-19(17-23)18-29-13-15-30(16-14-29)24(31)22-11-9-21(10-12-22)20-6-2-1-3-7-20/h1-12,17H,13-16,18H2. The van der Waals surface area contributed by atoms with E-state index in [-0.39, 0.29) is 5.91 Å². The van der Waals surface area contributed by atoms with E-state index in [1.807, 2.05) is 54.6 Å².